The van der Waals surface area contributed by atoms with Crippen molar-refractivity contribution in [1.82, 2.24) is 5.43 Å². The lowest BCUT2D eigenvalue weighted by Crippen LogP contribution is -2.51. The molecule has 0 radical (unpaired) electrons. The molecule has 0 amide bonds. The van der Waals surface area contributed by atoms with Crippen LogP contribution in [0.2, 0.25) is 0 Å². The SMILES string of the molecule is CCOCCCC(NN)C1CCOC2(CCC2)C1. The number of ether oxygens (including phenoxy) is 2. The quantitative estimate of drug-likeness (QED) is 0.415. The van der Waals surface area contributed by atoms with Crippen LogP contribution < -0.4 is 11.3 Å². The number of rotatable bonds is 7. The molecule has 1 saturated heterocycles. The smallest absolute Gasteiger partial charge is 0.0685 e. The Morgan fingerprint density at radius 3 is 2.94 bits per heavy atom. The summed E-state index contributed by atoms with van der Waals surface area (Å²) in [6, 6.07) is 0.423. The number of hydrogen-bond donors (Lipinski definition) is 2. The fourth-order valence-electron chi connectivity index (χ4n) is 3.33. The van der Waals surface area contributed by atoms with E-state index in [0.29, 0.717) is 12.0 Å². The van der Waals surface area contributed by atoms with Crippen molar-refractivity contribution in [2.45, 2.75) is 63.5 Å². The lowest BCUT2D eigenvalue weighted by Gasteiger charge is -2.48. The van der Waals surface area contributed by atoms with Crippen LogP contribution in [0.5, 0.6) is 0 Å². The van der Waals surface area contributed by atoms with Gasteiger partial charge in [-0.1, -0.05) is 0 Å². The van der Waals surface area contributed by atoms with Gasteiger partial charge in [0.15, 0.2) is 0 Å². The second kappa shape index (κ2) is 6.85. The predicted molar refractivity (Wildman–Crippen MR) is 72.1 cm³/mol. The lowest BCUT2D eigenvalue weighted by atomic mass is 9.70. The van der Waals surface area contributed by atoms with Crippen molar-refractivity contribution < 1.29 is 9.47 Å². The average molecular weight is 256 g/mol. The molecule has 2 fully saturated rings. The standard InChI is InChI=1S/C14H28N2O2/c1-2-17-9-3-5-13(16-15)12-6-10-18-14(11-12)7-4-8-14/h12-13,16H,2-11,15H2,1H3. The zero-order valence-electron chi connectivity index (χ0n) is 11.6. The molecule has 106 valence electrons. The van der Waals surface area contributed by atoms with Crippen molar-refractivity contribution in [1.29, 1.82) is 0 Å². The molecule has 1 heterocycles. The molecule has 1 spiro atoms. The van der Waals surface area contributed by atoms with Crippen molar-refractivity contribution in [3.8, 4) is 0 Å². The summed E-state index contributed by atoms with van der Waals surface area (Å²) in [7, 11) is 0. The van der Waals surface area contributed by atoms with Crippen LogP contribution >= 0.6 is 0 Å². The van der Waals surface area contributed by atoms with E-state index in [-0.39, 0.29) is 5.60 Å². The summed E-state index contributed by atoms with van der Waals surface area (Å²) in [5.41, 5.74) is 3.24. The molecular formula is C14H28N2O2. The highest BCUT2D eigenvalue weighted by atomic mass is 16.5. The third kappa shape index (κ3) is 3.44. The van der Waals surface area contributed by atoms with Gasteiger partial charge in [-0.05, 0) is 57.8 Å². The summed E-state index contributed by atoms with van der Waals surface area (Å²) in [6.07, 6.45) is 8.36. The van der Waals surface area contributed by atoms with Crippen LogP contribution in [0.1, 0.15) is 51.9 Å². The minimum atomic E-state index is 0.220. The molecule has 2 aliphatic rings. The molecule has 18 heavy (non-hydrogen) atoms. The lowest BCUT2D eigenvalue weighted by molar-refractivity contribution is -0.147. The second-order valence-corrected chi connectivity index (χ2v) is 5.75. The first kappa shape index (κ1) is 14.3. The van der Waals surface area contributed by atoms with E-state index >= 15 is 0 Å². The minimum absolute atomic E-state index is 0.220. The van der Waals surface area contributed by atoms with E-state index in [1.54, 1.807) is 0 Å². The molecule has 0 aromatic carbocycles. The van der Waals surface area contributed by atoms with Gasteiger partial charge in [-0.15, -0.1) is 0 Å². The van der Waals surface area contributed by atoms with Crippen molar-refractivity contribution >= 4 is 0 Å². The van der Waals surface area contributed by atoms with Crippen LogP contribution in [0.4, 0.5) is 0 Å². The fourth-order valence-corrected chi connectivity index (χ4v) is 3.33. The second-order valence-electron chi connectivity index (χ2n) is 5.75. The third-order valence-corrected chi connectivity index (χ3v) is 4.59. The normalized spacial score (nSPS) is 28.0. The van der Waals surface area contributed by atoms with Gasteiger partial charge in [-0.25, -0.2) is 0 Å². The molecule has 2 unspecified atom stereocenters. The Morgan fingerprint density at radius 1 is 1.50 bits per heavy atom. The highest BCUT2D eigenvalue weighted by Crippen LogP contribution is 2.45. The van der Waals surface area contributed by atoms with Gasteiger partial charge in [0.1, 0.15) is 0 Å². The maximum absolute atomic E-state index is 5.98. The highest BCUT2D eigenvalue weighted by Gasteiger charge is 2.43. The van der Waals surface area contributed by atoms with Crippen molar-refractivity contribution in [3.05, 3.63) is 0 Å². The predicted octanol–water partition coefficient (Wildman–Crippen LogP) is 1.98. The van der Waals surface area contributed by atoms with E-state index in [1.807, 2.05) is 6.92 Å². The van der Waals surface area contributed by atoms with E-state index in [4.69, 9.17) is 15.3 Å². The van der Waals surface area contributed by atoms with Crippen molar-refractivity contribution in [3.63, 3.8) is 0 Å². The first-order valence-corrected chi connectivity index (χ1v) is 7.47. The maximum Gasteiger partial charge on any atom is 0.0685 e. The number of hydrogen-bond acceptors (Lipinski definition) is 4. The molecule has 1 aliphatic heterocycles. The maximum atomic E-state index is 5.98. The summed E-state index contributed by atoms with van der Waals surface area (Å²) < 4.78 is 11.4. The summed E-state index contributed by atoms with van der Waals surface area (Å²) in [5.74, 6) is 6.41. The zero-order chi connectivity index (χ0) is 12.8. The van der Waals surface area contributed by atoms with Gasteiger partial charge < -0.3 is 9.47 Å². The molecule has 0 aromatic heterocycles. The molecule has 0 aromatic rings. The fraction of sp³-hybridized carbons (Fsp3) is 1.00. The molecule has 0 bridgehead atoms. The first-order valence-electron chi connectivity index (χ1n) is 7.47. The molecular weight excluding hydrogens is 228 g/mol. The molecule has 4 heteroatoms. The third-order valence-electron chi connectivity index (χ3n) is 4.59. The summed E-state index contributed by atoms with van der Waals surface area (Å²) in [6.45, 7) is 4.61. The molecule has 2 rings (SSSR count). The Bertz CT molecular complexity index is 244. The van der Waals surface area contributed by atoms with Gasteiger partial charge >= 0.3 is 0 Å². The molecule has 3 N–H and O–H groups in total. The van der Waals surface area contributed by atoms with E-state index < -0.39 is 0 Å². The van der Waals surface area contributed by atoms with Gasteiger partial charge in [0.2, 0.25) is 0 Å². The Balaban J connectivity index is 1.76. The van der Waals surface area contributed by atoms with Crippen LogP contribution in [-0.4, -0.2) is 31.5 Å². The van der Waals surface area contributed by atoms with Gasteiger partial charge in [0, 0.05) is 25.9 Å². The van der Waals surface area contributed by atoms with E-state index in [1.165, 1.54) is 25.7 Å². The van der Waals surface area contributed by atoms with E-state index in [9.17, 15) is 0 Å². The first-order chi connectivity index (χ1) is 8.79. The Morgan fingerprint density at radius 2 is 2.33 bits per heavy atom. The summed E-state index contributed by atoms with van der Waals surface area (Å²) in [4.78, 5) is 0. The number of nitrogens with two attached hydrogens (primary N) is 1. The van der Waals surface area contributed by atoms with Crippen LogP contribution in [0, 0.1) is 5.92 Å². The molecule has 4 nitrogen and oxygen atoms in total. The Kier molecular flexibility index (Phi) is 5.42. The van der Waals surface area contributed by atoms with Crippen LogP contribution in [0.25, 0.3) is 0 Å². The highest BCUT2D eigenvalue weighted by molar-refractivity contribution is 4.96. The Hall–Kier alpha value is -0.160. The Labute approximate surface area is 111 Å². The number of hydrazine groups is 1. The van der Waals surface area contributed by atoms with Crippen LogP contribution in [-0.2, 0) is 9.47 Å². The minimum Gasteiger partial charge on any atom is -0.382 e. The topological polar surface area (TPSA) is 56.5 Å². The van der Waals surface area contributed by atoms with Crippen LogP contribution in [0.15, 0.2) is 0 Å². The van der Waals surface area contributed by atoms with Crippen molar-refractivity contribution in [2.75, 3.05) is 19.8 Å². The summed E-state index contributed by atoms with van der Waals surface area (Å²) >= 11 is 0. The van der Waals surface area contributed by atoms with Crippen molar-refractivity contribution in [2.24, 2.45) is 11.8 Å². The molecule has 1 saturated carbocycles. The average Bonchev–Trinajstić information content (AvgIpc) is 2.37. The monoisotopic (exact) mass is 256 g/mol. The zero-order valence-corrected chi connectivity index (χ0v) is 11.6. The van der Waals surface area contributed by atoms with Gasteiger partial charge in [-0.2, -0.15) is 0 Å². The number of nitrogens with one attached hydrogen (secondary N) is 1. The van der Waals surface area contributed by atoms with E-state index in [2.05, 4.69) is 5.43 Å². The van der Waals surface area contributed by atoms with Gasteiger partial charge in [-0.3, -0.25) is 11.3 Å². The summed E-state index contributed by atoms with van der Waals surface area (Å²) in [5, 5.41) is 0. The van der Waals surface area contributed by atoms with E-state index in [0.717, 1.165) is 39.1 Å². The molecule has 1 aliphatic carbocycles. The van der Waals surface area contributed by atoms with Crippen LogP contribution in [0.3, 0.4) is 0 Å². The largest absolute Gasteiger partial charge is 0.382 e. The van der Waals surface area contributed by atoms with Gasteiger partial charge in [0.25, 0.3) is 0 Å². The molecule has 2 atom stereocenters. The van der Waals surface area contributed by atoms with Gasteiger partial charge in [0.05, 0.1) is 5.60 Å².